The van der Waals surface area contributed by atoms with E-state index in [-0.39, 0.29) is 21.8 Å². The molecule has 7 nitrogen and oxygen atoms in total. The molecule has 0 aliphatic carbocycles. The van der Waals surface area contributed by atoms with Gasteiger partial charge in [-0.1, -0.05) is 19.1 Å². The molecule has 1 aromatic rings. The van der Waals surface area contributed by atoms with Gasteiger partial charge in [-0.05, 0) is 37.6 Å². The van der Waals surface area contributed by atoms with Crippen molar-refractivity contribution in [2.75, 3.05) is 27.2 Å². The first-order chi connectivity index (χ1) is 10.7. The Morgan fingerprint density at radius 1 is 1.13 bits per heavy atom. The van der Waals surface area contributed by atoms with Gasteiger partial charge in [-0.2, -0.15) is 0 Å². The van der Waals surface area contributed by atoms with Gasteiger partial charge in [-0.25, -0.2) is 25.9 Å². The van der Waals surface area contributed by atoms with E-state index in [0.717, 1.165) is 17.4 Å². The van der Waals surface area contributed by atoms with Crippen molar-refractivity contribution in [1.82, 2.24) is 14.3 Å². The monoisotopic (exact) mass is 361 g/mol. The Labute approximate surface area is 138 Å². The summed E-state index contributed by atoms with van der Waals surface area (Å²) in [6.45, 7) is 3.42. The average molecular weight is 361 g/mol. The van der Waals surface area contributed by atoms with Crippen molar-refractivity contribution in [2.24, 2.45) is 5.92 Å². The highest BCUT2D eigenvalue weighted by atomic mass is 32.2. The number of benzene rings is 1. The molecule has 0 bridgehead atoms. The van der Waals surface area contributed by atoms with Crippen molar-refractivity contribution < 1.29 is 16.8 Å². The molecular formula is C14H23N3O4S2. The molecule has 2 rings (SSSR count). The minimum Gasteiger partial charge on any atom is -0.316 e. The Morgan fingerprint density at radius 3 is 2.30 bits per heavy atom. The third-order valence-corrected chi connectivity index (χ3v) is 7.54. The quantitative estimate of drug-likeness (QED) is 0.782. The van der Waals surface area contributed by atoms with Crippen LogP contribution >= 0.6 is 0 Å². The molecule has 2 atom stereocenters. The summed E-state index contributed by atoms with van der Waals surface area (Å²) in [5.74, 6) is 0.135. The Bertz CT molecular complexity index is 760. The van der Waals surface area contributed by atoms with Gasteiger partial charge in [0.15, 0.2) is 0 Å². The van der Waals surface area contributed by atoms with Crippen LogP contribution in [0.1, 0.15) is 13.3 Å². The molecule has 1 aromatic carbocycles. The summed E-state index contributed by atoms with van der Waals surface area (Å²) in [5.41, 5.74) is 0. The summed E-state index contributed by atoms with van der Waals surface area (Å²) in [5, 5.41) is 3.20. The van der Waals surface area contributed by atoms with Crippen LogP contribution in [0.25, 0.3) is 0 Å². The van der Waals surface area contributed by atoms with Crippen LogP contribution in [0.15, 0.2) is 34.1 Å². The standard InChI is InChI=1S/C14H23N3O4S2/c1-11-10-15-9-8-12(11)16-22(18,19)13-6-4-5-7-14(13)23(20,21)17(2)3/h4-7,11-12,15-16H,8-10H2,1-3H3. The average Bonchev–Trinajstić information content (AvgIpc) is 2.49. The molecular weight excluding hydrogens is 338 g/mol. The molecule has 0 spiro atoms. The van der Waals surface area contributed by atoms with Gasteiger partial charge in [0, 0.05) is 20.1 Å². The summed E-state index contributed by atoms with van der Waals surface area (Å²) in [4.78, 5) is -0.418. The van der Waals surface area contributed by atoms with Crippen molar-refractivity contribution in [1.29, 1.82) is 0 Å². The third-order valence-electron chi connectivity index (χ3n) is 3.99. The first-order valence-electron chi connectivity index (χ1n) is 7.41. The minimum atomic E-state index is -3.92. The summed E-state index contributed by atoms with van der Waals surface area (Å²) >= 11 is 0. The first kappa shape index (κ1) is 18.3. The fourth-order valence-corrected chi connectivity index (χ4v) is 5.61. The van der Waals surface area contributed by atoms with Crippen molar-refractivity contribution in [3.63, 3.8) is 0 Å². The molecule has 23 heavy (non-hydrogen) atoms. The second-order valence-corrected chi connectivity index (χ2v) is 9.73. The van der Waals surface area contributed by atoms with Crippen LogP contribution in [0.3, 0.4) is 0 Å². The van der Waals surface area contributed by atoms with Crippen molar-refractivity contribution >= 4 is 20.0 Å². The summed E-state index contributed by atoms with van der Waals surface area (Å²) < 4.78 is 53.9. The van der Waals surface area contributed by atoms with Gasteiger partial charge in [0.05, 0.1) is 0 Å². The number of hydrogen-bond acceptors (Lipinski definition) is 5. The smallest absolute Gasteiger partial charge is 0.243 e. The Kier molecular flexibility index (Phi) is 5.47. The molecule has 0 amide bonds. The lowest BCUT2D eigenvalue weighted by atomic mass is 9.97. The van der Waals surface area contributed by atoms with E-state index < -0.39 is 20.0 Å². The van der Waals surface area contributed by atoms with Gasteiger partial charge in [0.2, 0.25) is 20.0 Å². The van der Waals surface area contributed by atoms with Gasteiger partial charge < -0.3 is 5.32 Å². The highest BCUT2D eigenvalue weighted by Gasteiger charge is 2.31. The molecule has 1 aliphatic heterocycles. The number of sulfonamides is 2. The van der Waals surface area contributed by atoms with Crippen LogP contribution in [0, 0.1) is 5.92 Å². The minimum absolute atomic E-state index is 0.135. The zero-order chi connectivity index (χ0) is 17.3. The molecule has 2 N–H and O–H groups in total. The molecule has 1 fully saturated rings. The lowest BCUT2D eigenvalue weighted by Gasteiger charge is -2.30. The molecule has 1 saturated heterocycles. The zero-order valence-electron chi connectivity index (χ0n) is 13.5. The van der Waals surface area contributed by atoms with E-state index in [1.165, 1.54) is 38.4 Å². The van der Waals surface area contributed by atoms with Crippen LogP contribution in [-0.4, -0.2) is 54.4 Å². The lowest BCUT2D eigenvalue weighted by Crippen LogP contribution is -2.48. The van der Waals surface area contributed by atoms with E-state index in [9.17, 15) is 16.8 Å². The number of piperidine rings is 1. The SMILES string of the molecule is CC1CNCCC1NS(=O)(=O)c1ccccc1S(=O)(=O)N(C)C. The Balaban J connectivity index is 2.41. The maximum Gasteiger partial charge on any atom is 0.243 e. The topological polar surface area (TPSA) is 95.6 Å². The molecule has 0 saturated carbocycles. The maximum absolute atomic E-state index is 12.7. The van der Waals surface area contributed by atoms with E-state index in [1.54, 1.807) is 0 Å². The van der Waals surface area contributed by atoms with Gasteiger partial charge in [-0.3, -0.25) is 0 Å². The number of nitrogens with one attached hydrogen (secondary N) is 2. The largest absolute Gasteiger partial charge is 0.316 e. The van der Waals surface area contributed by atoms with Crippen LogP contribution in [0.2, 0.25) is 0 Å². The van der Waals surface area contributed by atoms with E-state index >= 15 is 0 Å². The number of rotatable bonds is 5. The predicted octanol–water partition coefficient (Wildman–Crippen LogP) is 0.213. The molecule has 2 unspecified atom stereocenters. The van der Waals surface area contributed by atoms with Crippen LogP contribution in [-0.2, 0) is 20.0 Å². The summed E-state index contributed by atoms with van der Waals surface area (Å²) in [7, 11) is -5.01. The summed E-state index contributed by atoms with van der Waals surface area (Å²) in [6.07, 6.45) is 0.670. The lowest BCUT2D eigenvalue weighted by molar-refractivity contribution is 0.328. The second kappa shape index (κ2) is 6.86. The first-order valence-corrected chi connectivity index (χ1v) is 10.3. The van der Waals surface area contributed by atoms with Gasteiger partial charge in [0.1, 0.15) is 9.79 Å². The number of hydrogen-bond donors (Lipinski definition) is 2. The van der Waals surface area contributed by atoms with Crippen LogP contribution < -0.4 is 10.0 Å². The molecule has 1 heterocycles. The number of nitrogens with zero attached hydrogens (tertiary/aromatic N) is 1. The molecule has 0 radical (unpaired) electrons. The van der Waals surface area contributed by atoms with Crippen LogP contribution in [0.4, 0.5) is 0 Å². The van der Waals surface area contributed by atoms with Crippen molar-refractivity contribution in [3.8, 4) is 0 Å². The van der Waals surface area contributed by atoms with Gasteiger partial charge in [0.25, 0.3) is 0 Å². The van der Waals surface area contributed by atoms with Crippen LogP contribution in [0.5, 0.6) is 0 Å². The predicted molar refractivity (Wildman–Crippen MR) is 88.1 cm³/mol. The van der Waals surface area contributed by atoms with E-state index in [0.29, 0.717) is 6.42 Å². The summed E-state index contributed by atoms with van der Waals surface area (Å²) in [6, 6.07) is 5.47. The van der Waals surface area contributed by atoms with E-state index in [1.807, 2.05) is 6.92 Å². The van der Waals surface area contributed by atoms with E-state index in [2.05, 4.69) is 10.0 Å². The normalized spacial score (nSPS) is 23.1. The van der Waals surface area contributed by atoms with Crippen molar-refractivity contribution in [3.05, 3.63) is 24.3 Å². The van der Waals surface area contributed by atoms with Gasteiger partial charge >= 0.3 is 0 Å². The zero-order valence-corrected chi connectivity index (χ0v) is 15.1. The van der Waals surface area contributed by atoms with Gasteiger partial charge in [-0.15, -0.1) is 0 Å². The second-order valence-electron chi connectivity index (χ2n) is 5.93. The molecule has 0 aromatic heterocycles. The maximum atomic E-state index is 12.7. The molecule has 130 valence electrons. The molecule has 9 heteroatoms. The fourth-order valence-electron chi connectivity index (χ4n) is 2.53. The highest BCUT2D eigenvalue weighted by molar-refractivity contribution is 7.92. The third kappa shape index (κ3) is 3.92. The Hall–Kier alpha value is -1.00. The molecule has 1 aliphatic rings. The highest BCUT2D eigenvalue weighted by Crippen LogP contribution is 2.24. The fraction of sp³-hybridized carbons (Fsp3) is 0.571. The Morgan fingerprint density at radius 2 is 1.74 bits per heavy atom. The van der Waals surface area contributed by atoms with Crippen molar-refractivity contribution in [2.45, 2.75) is 29.2 Å². The van der Waals surface area contributed by atoms with E-state index in [4.69, 9.17) is 0 Å².